The van der Waals surface area contributed by atoms with Gasteiger partial charge in [0.2, 0.25) is 0 Å². The number of nitrogens with one attached hydrogen (secondary N) is 1. The van der Waals surface area contributed by atoms with Crippen LogP contribution in [0.25, 0.3) is 0 Å². The van der Waals surface area contributed by atoms with Gasteiger partial charge in [-0.2, -0.15) is 0 Å². The first-order valence-electron chi connectivity index (χ1n) is 7.05. The summed E-state index contributed by atoms with van der Waals surface area (Å²) >= 11 is 3.58. The van der Waals surface area contributed by atoms with Crippen molar-refractivity contribution in [3.63, 3.8) is 0 Å². The largest absolute Gasteiger partial charge is 0.469 e. The molecule has 2 atom stereocenters. The lowest BCUT2D eigenvalue weighted by Gasteiger charge is -2.39. The molecule has 3 nitrogen and oxygen atoms in total. The zero-order valence-corrected chi connectivity index (χ0v) is 13.3. The molecule has 4 heteroatoms. The zero-order valence-electron chi connectivity index (χ0n) is 11.7. The maximum Gasteiger partial charge on any atom is 0.255 e. The highest BCUT2D eigenvalue weighted by Gasteiger charge is 2.36. The second-order valence-corrected chi connectivity index (χ2v) is 6.24. The lowest BCUT2D eigenvalue weighted by atomic mass is 9.77. The number of carbonyl (C=O) groups is 1. The van der Waals surface area contributed by atoms with Gasteiger partial charge in [0.15, 0.2) is 0 Å². The molecule has 1 aliphatic carbocycles. The average molecular weight is 328 g/mol. The number of hydrogen-bond acceptors (Lipinski definition) is 2. The Balaban J connectivity index is 2.12. The first-order valence-corrected chi connectivity index (χ1v) is 8.17. The Bertz CT molecular complexity index is 443. The van der Waals surface area contributed by atoms with Gasteiger partial charge in [0.05, 0.1) is 17.4 Å². The van der Waals surface area contributed by atoms with Crippen molar-refractivity contribution in [1.82, 2.24) is 5.32 Å². The predicted molar refractivity (Wildman–Crippen MR) is 79.7 cm³/mol. The number of aryl methyl sites for hydroxylation is 1. The minimum absolute atomic E-state index is 0.000787. The normalized spacial score (nSPS) is 27.2. The molecule has 1 heterocycles. The van der Waals surface area contributed by atoms with Gasteiger partial charge >= 0.3 is 0 Å². The molecule has 19 heavy (non-hydrogen) atoms. The average Bonchev–Trinajstić information content (AvgIpc) is 2.87. The second kappa shape index (κ2) is 6.12. The van der Waals surface area contributed by atoms with E-state index in [0.717, 1.165) is 30.4 Å². The van der Waals surface area contributed by atoms with Crippen molar-refractivity contribution >= 4 is 21.8 Å². The summed E-state index contributed by atoms with van der Waals surface area (Å²) in [7, 11) is 0. The van der Waals surface area contributed by atoms with Crippen molar-refractivity contribution in [3.05, 3.63) is 23.7 Å². The Morgan fingerprint density at radius 2 is 2.42 bits per heavy atom. The smallest absolute Gasteiger partial charge is 0.255 e. The Morgan fingerprint density at radius 3 is 3.05 bits per heavy atom. The van der Waals surface area contributed by atoms with Crippen LogP contribution >= 0.6 is 15.9 Å². The lowest BCUT2D eigenvalue weighted by molar-refractivity contribution is 0.0867. The van der Waals surface area contributed by atoms with E-state index < -0.39 is 0 Å². The molecule has 1 saturated carbocycles. The molecule has 1 fully saturated rings. The Morgan fingerprint density at radius 1 is 1.63 bits per heavy atom. The van der Waals surface area contributed by atoms with E-state index in [9.17, 15) is 4.79 Å². The fraction of sp³-hybridized carbons (Fsp3) is 0.667. The Kier molecular flexibility index (Phi) is 4.71. The van der Waals surface area contributed by atoms with Crippen LogP contribution in [0.5, 0.6) is 0 Å². The fourth-order valence-corrected chi connectivity index (χ4v) is 3.70. The molecule has 0 saturated heterocycles. The van der Waals surface area contributed by atoms with Crippen LogP contribution in [-0.4, -0.2) is 16.8 Å². The second-order valence-electron chi connectivity index (χ2n) is 5.68. The number of furan rings is 1. The van der Waals surface area contributed by atoms with Gasteiger partial charge in [0, 0.05) is 11.8 Å². The molecule has 0 spiro atoms. The van der Waals surface area contributed by atoms with E-state index in [2.05, 4.69) is 28.2 Å². The van der Waals surface area contributed by atoms with Crippen LogP contribution < -0.4 is 5.32 Å². The van der Waals surface area contributed by atoms with Gasteiger partial charge < -0.3 is 9.73 Å². The monoisotopic (exact) mass is 327 g/mol. The van der Waals surface area contributed by atoms with E-state index in [0.29, 0.717) is 11.5 Å². The number of rotatable bonds is 4. The van der Waals surface area contributed by atoms with E-state index in [-0.39, 0.29) is 11.4 Å². The van der Waals surface area contributed by atoms with E-state index in [1.165, 1.54) is 12.8 Å². The van der Waals surface area contributed by atoms with E-state index in [1.54, 1.807) is 12.3 Å². The topological polar surface area (TPSA) is 42.2 Å². The quantitative estimate of drug-likeness (QED) is 0.852. The zero-order chi connectivity index (χ0) is 13.9. The molecule has 2 unspecified atom stereocenters. The van der Waals surface area contributed by atoms with Crippen molar-refractivity contribution in [2.24, 2.45) is 5.92 Å². The number of carbonyl (C=O) groups excluding carboxylic acids is 1. The number of halogens is 1. The van der Waals surface area contributed by atoms with Gasteiger partial charge in [-0.1, -0.05) is 42.6 Å². The molecular formula is C15H22BrNO2. The third kappa shape index (κ3) is 3.22. The van der Waals surface area contributed by atoms with Crippen molar-refractivity contribution < 1.29 is 9.21 Å². The SMILES string of the molecule is CCc1occc1C(=O)NC1(CBr)CCCC(C)C1. The van der Waals surface area contributed by atoms with Gasteiger partial charge in [-0.05, 0) is 24.8 Å². The first kappa shape index (κ1) is 14.6. The highest BCUT2D eigenvalue weighted by atomic mass is 79.9. The van der Waals surface area contributed by atoms with E-state index in [1.807, 2.05) is 6.92 Å². The number of amides is 1. The minimum Gasteiger partial charge on any atom is -0.469 e. The Labute approximate surface area is 123 Å². The molecule has 106 valence electrons. The molecule has 0 aromatic carbocycles. The standard InChI is InChI=1S/C15H22BrNO2/c1-3-13-12(6-8-19-13)14(18)17-15(10-16)7-4-5-11(2)9-15/h6,8,11H,3-5,7,9-10H2,1-2H3,(H,17,18). The molecule has 1 aliphatic rings. The fourth-order valence-electron chi connectivity index (χ4n) is 3.05. The summed E-state index contributed by atoms with van der Waals surface area (Å²) in [4.78, 5) is 12.4. The van der Waals surface area contributed by atoms with Crippen molar-refractivity contribution in [3.8, 4) is 0 Å². The summed E-state index contributed by atoms with van der Waals surface area (Å²) < 4.78 is 5.34. The lowest BCUT2D eigenvalue weighted by Crippen LogP contribution is -2.52. The van der Waals surface area contributed by atoms with Crippen molar-refractivity contribution in [2.45, 2.75) is 51.5 Å². The maximum absolute atomic E-state index is 12.4. The van der Waals surface area contributed by atoms with Crippen LogP contribution in [0.2, 0.25) is 0 Å². The van der Waals surface area contributed by atoms with Crippen LogP contribution in [0, 0.1) is 5.92 Å². The van der Waals surface area contributed by atoms with E-state index in [4.69, 9.17) is 4.42 Å². The third-order valence-electron chi connectivity index (χ3n) is 4.04. The summed E-state index contributed by atoms with van der Waals surface area (Å²) in [6.07, 6.45) is 6.87. The van der Waals surface area contributed by atoms with Gasteiger partial charge in [-0.15, -0.1) is 0 Å². The van der Waals surface area contributed by atoms with Crippen LogP contribution in [0.4, 0.5) is 0 Å². The van der Waals surface area contributed by atoms with Crippen LogP contribution in [0.3, 0.4) is 0 Å². The number of alkyl halides is 1. The van der Waals surface area contributed by atoms with E-state index >= 15 is 0 Å². The predicted octanol–water partition coefficient (Wildman–Crippen LogP) is 3.92. The van der Waals surface area contributed by atoms with Gasteiger partial charge in [0.25, 0.3) is 5.91 Å². The first-order chi connectivity index (χ1) is 9.10. The van der Waals surface area contributed by atoms with Gasteiger partial charge in [-0.25, -0.2) is 0 Å². The maximum atomic E-state index is 12.4. The molecule has 1 N–H and O–H groups in total. The molecule has 2 rings (SSSR count). The highest BCUT2D eigenvalue weighted by molar-refractivity contribution is 9.09. The highest BCUT2D eigenvalue weighted by Crippen LogP contribution is 2.34. The summed E-state index contributed by atoms with van der Waals surface area (Å²) in [5.74, 6) is 1.44. The number of hydrogen-bond donors (Lipinski definition) is 1. The molecule has 0 bridgehead atoms. The molecule has 0 radical (unpaired) electrons. The third-order valence-corrected chi connectivity index (χ3v) is 5.11. The molecule has 1 aromatic heterocycles. The summed E-state index contributed by atoms with van der Waals surface area (Å²) in [5, 5.41) is 4.06. The van der Waals surface area contributed by atoms with Crippen molar-refractivity contribution in [2.75, 3.05) is 5.33 Å². The van der Waals surface area contributed by atoms with Crippen LogP contribution in [0.1, 0.15) is 55.6 Å². The molecule has 1 amide bonds. The molecule has 1 aromatic rings. The van der Waals surface area contributed by atoms with Crippen LogP contribution in [0.15, 0.2) is 16.7 Å². The molecule has 0 aliphatic heterocycles. The van der Waals surface area contributed by atoms with Crippen molar-refractivity contribution in [1.29, 1.82) is 0 Å². The molecular weight excluding hydrogens is 306 g/mol. The van der Waals surface area contributed by atoms with Gasteiger partial charge in [-0.3, -0.25) is 4.79 Å². The Hall–Kier alpha value is -0.770. The summed E-state index contributed by atoms with van der Waals surface area (Å²) in [5.41, 5.74) is 0.581. The summed E-state index contributed by atoms with van der Waals surface area (Å²) in [6, 6.07) is 1.77. The minimum atomic E-state index is -0.100. The summed E-state index contributed by atoms with van der Waals surface area (Å²) in [6.45, 7) is 4.26. The van der Waals surface area contributed by atoms with Gasteiger partial charge in [0.1, 0.15) is 5.76 Å². The van der Waals surface area contributed by atoms with Crippen LogP contribution in [-0.2, 0) is 6.42 Å².